The molecule has 0 aromatic heterocycles. The summed E-state index contributed by atoms with van der Waals surface area (Å²) in [5.74, 6) is 0.626. The Labute approximate surface area is 128 Å². The Morgan fingerprint density at radius 3 is 2.24 bits per heavy atom. The van der Waals surface area contributed by atoms with E-state index >= 15 is 0 Å². The number of carbonyl (C=O) groups is 1. The Kier molecular flexibility index (Phi) is 4.72. The van der Waals surface area contributed by atoms with Gasteiger partial charge in [-0.25, -0.2) is 4.79 Å². The summed E-state index contributed by atoms with van der Waals surface area (Å²) in [5, 5.41) is 15.6. The maximum atomic E-state index is 12.0. The molecule has 21 heavy (non-hydrogen) atoms. The van der Waals surface area contributed by atoms with Crippen LogP contribution in [0, 0.1) is 11.3 Å². The van der Waals surface area contributed by atoms with Gasteiger partial charge in [-0.1, -0.05) is 32.1 Å². The van der Waals surface area contributed by atoms with Gasteiger partial charge in [0.25, 0.3) is 0 Å². The molecule has 3 N–H and O–H groups in total. The zero-order chi connectivity index (χ0) is 14.7. The third-order valence-electron chi connectivity index (χ3n) is 5.77. The molecule has 3 aliphatic carbocycles. The SMILES string of the molecule is O=C(NCC1CC2(CC(O)C2)C1)NC1CCCCCCC1. The van der Waals surface area contributed by atoms with Gasteiger partial charge in [-0.3, -0.25) is 0 Å². The lowest BCUT2D eigenvalue weighted by atomic mass is 9.51. The molecular formula is C17H30N2O2. The summed E-state index contributed by atoms with van der Waals surface area (Å²) in [6.07, 6.45) is 13.0. The fraction of sp³-hybridized carbons (Fsp3) is 0.941. The summed E-state index contributed by atoms with van der Waals surface area (Å²) in [6.45, 7) is 0.802. The quantitative estimate of drug-likeness (QED) is 0.749. The van der Waals surface area contributed by atoms with Gasteiger partial charge in [0.15, 0.2) is 0 Å². The smallest absolute Gasteiger partial charge is 0.315 e. The molecule has 0 aromatic carbocycles. The normalized spacial score (nSPS) is 37.0. The van der Waals surface area contributed by atoms with Crippen LogP contribution in [-0.4, -0.2) is 29.8 Å². The highest BCUT2D eigenvalue weighted by Crippen LogP contribution is 2.58. The van der Waals surface area contributed by atoms with E-state index in [2.05, 4.69) is 10.6 Å². The fourth-order valence-electron chi connectivity index (χ4n) is 4.66. The van der Waals surface area contributed by atoms with Crippen molar-refractivity contribution in [3.05, 3.63) is 0 Å². The van der Waals surface area contributed by atoms with E-state index in [0.717, 1.165) is 32.2 Å². The van der Waals surface area contributed by atoms with Gasteiger partial charge < -0.3 is 15.7 Å². The molecule has 0 atom stereocenters. The first-order valence-corrected chi connectivity index (χ1v) is 8.88. The van der Waals surface area contributed by atoms with Crippen molar-refractivity contribution in [3.8, 4) is 0 Å². The van der Waals surface area contributed by atoms with E-state index in [1.54, 1.807) is 0 Å². The van der Waals surface area contributed by atoms with E-state index in [-0.39, 0.29) is 12.1 Å². The molecule has 3 aliphatic rings. The lowest BCUT2D eigenvalue weighted by Crippen LogP contribution is -2.53. The van der Waals surface area contributed by atoms with E-state index in [1.807, 2.05) is 0 Å². The van der Waals surface area contributed by atoms with Crippen LogP contribution in [0.1, 0.15) is 70.6 Å². The van der Waals surface area contributed by atoms with E-state index in [9.17, 15) is 9.90 Å². The topological polar surface area (TPSA) is 61.4 Å². The van der Waals surface area contributed by atoms with Crippen LogP contribution in [0.15, 0.2) is 0 Å². The van der Waals surface area contributed by atoms with E-state index in [4.69, 9.17) is 0 Å². The number of hydrogen-bond acceptors (Lipinski definition) is 2. The van der Waals surface area contributed by atoms with Crippen LogP contribution in [0.3, 0.4) is 0 Å². The van der Waals surface area contributed by atoms with Gasteiger partial charge in [0.1, 0.15) is 0 Å². The van der Waals surface area contributed by atoms with Crippen LogP contribution in [0.2, 0.25) is 0 Å². The molecular weight excluding hydrogens is 264 g/mol. The third-order valence-corrected chi connectivity index (χ3v) is 5.77. The van der Waals surface area contributed by atoms with Crippen LogP contribution in [0.5, 0.6) is 0 Å². The van der Waals surface area contributed by atoms with Crippen molar-refractivity contribution in [2.24, 2.45) is 11.3 Å². The monoisotopic (exact) mass is 294 g/mol. The molecule has 0 aromatic rings. The van der Waals surface area contributed by atoms with Gasteiger partial charge in [-0.2, -0.15) is 0 Å². The lowest BCUT2D eigenvalue weighted by molar-refractivity contribution is -0.109. The second kappa shape index (κ2) is 6.55. The highest BCUT2D eigenvalue weighted by Gasteiger charge is 2.52. The minimum atomic E-state index is -0.0541. The van der Waals surface area contributed by atoms with E-state index < -0.39 is 0 Å². The van der Waals surface area contributed by atoms with Crippen molar-refractivity contribution in [2.75, 3.05) is 6.54 Å². The van der Waals surface area contributed by atoms with E-state index in [0.29, 0.717) is 17.4 Å². The molecule has 0 heterocycles. The van der Waals surface area contributed by atoms with Gasteiger partial charge >= 0.3 is 6.03 Å². The molecule has 0 radical (unpaired) electrons. The predicted octanol–water partition coefficient (Wildman–Crippen LogP) is 2.95. The van der Waals surface area contributed by atoms with Gasteiger partial charge in [0.2, 0.25) is 0 Å². The Balaban J connectivity index is 1.30. The summed E-state index contributed by atoms with van der Waals surface area (Å²) in [7, 11) is 0. The summed E-state index contributed by atoms with van der Waals surface area (Å²) in [5.41, 5.74) is 0.446. The molecule has 0 bridgehead atoms. The zero-order valence-electron chi connectivity index (χ0n) is 13.1. The molecule has 2 amide bonds. The molecule has 0 aliphatic heterocycles. The Bertz CT molecular complexity index is 350. The number of nitrogens with one attached hydrogen (secondary N) is 2. The highest BCUT2D eigenvalue weighted by molar-refractivity contribution is 5.74. The van der Waals surface area contributed by atoms with Crippen molar-refractivity contribution < 1.29 is 9.90 Å². The standard InChI is InChI=1S/C17H30N2O2/c20-15-10-17(11-15)8-13(9-17)12-18-16(21)19-14-6-4-2-1-3-5-7-14/h13-15,20H,1-12H2,(H2,18,19,21). The van der Waals surface area contributed by atoms with Crippen molar-refractivity contribution in [2.45, 2.75) is 82.8 Å². The summed E-state index contributed by atoms with van der Waals surface area (Å²) in [6, 6.07) is 0.398. The number of aliphatic hydroxyl groups excluding tert-OH is 1. The molecule has 4 heteroatoms. The average molecular weight is 294 g/mol. The molecule has 120 valence electrons. The molecule has 3 saturated carbocycles. The minimum Gasteiger partial charge on any atom is -0.393 e. The number of urea groups is 1. The highest BCUT2D eigenvalue weighted by atomic mass is 16.3. The maximum absolute atomic E-state index is 12.0. The first-order valence-electron chi connectivity index (χ1n) is 8.88. The number of amides is 2. The van der Waals surface area contributed by atoms with Crippen LogP contribution in [0.4, 0.5) is 4.79 Å². The maximum Gasteiger partial charge on any atom is 0.315 e. The summed E-state index contributed by atoms with van der Waals surface area (Å²) in [4.78, 5) is 12.0. The van der Waals surface area contributed by atoms with Gasteiger partial charge in [0, 0.05) is 12.6 Å². The first kappa shape index (κ1) is 15.1. The molecule has 0 unspecified atom stereocenters. The third kappa shape index (κ3) is 3.91. The summed E-state index contributed by atoms with van der Waals surface area (Å²) < 4.78 is 0. The first-order chi connectivity index (χ1) is 10.2. The van der Waals surface area contributed by atoms with Crippen molar-refractivity contribution in [3.63, 3.8) is 0 Å². The second-order valence-corrected chi connectivity index (χ2v) is 7.73. The number of rotatable bonds is 3. The predicted molar refractivity (Wildman–Crippen MR) is 83.0 cm³/mol. The molecule has 1 spiro atoms. The van der Waals surface area contributed by atoms with Crippen LogP contribution < -0.4 is 10.6 Å². The largest absolute Gasteiger partial charge is 0.393 e. The van der Waals surface area contributed by atoms with Crippen molar-refractivity contribution >= 4 is 6.03 Å². The summed E-state index contributed by atoms with van der Waals surface area (Å²) >= 11 is 0. The number of carbonyl (C=O) groups excluding carboxylic acids is 1. The zero-order valence-corrected chi connectivity index (χ0v) is 13.1. The number of aliphatic hydroxyl groups is 1. The van der Waals surface area contributed by atoms with Gasteiger partial charge in [-0.05, 0) is 49.9 Å². The second-order valence-electron chi connectivity index (χ2n) is 7.73. The van der Waals surface area contributed by atoms with Crippen LogP contribution in [-0.2, 0) is 0 Å². The molecule has 3 fully saturated rings. The number of hydrogen-bond donors (Lipinski definition) is 3. The van der Waals surface area contributed by atoms with Crippen molar-refractivity contribution in [1.82, 2.24) is 10.6 Å². The molecule has 4 nitrogen and oxygen atoms in total. The average Bonchev–Trinajstić information content (AvgIpc) is 2.33. The fourth-order valence-corrected chi connectivity index (χ4v) is 4.66. The van der Waals surface area contributed by atoms with Crippen LogP contribution >= 0.6 is 0 Å². The van der Waals surface area contributed by atoms with Gasteiger partial charge in [0.05, 0.1) is 6.10 Å². The lowest BCUT2D eigenvalue weighted by Gasteiger charge is -2.56. The Morgan fingerprint density at radius 1 is 1.00 bits per heavy atom. The molecule has 3 rings (SSSR count). The molecule has 0 saturated heterocycles. The van der Waals surface area contributed by atoms with E-state index in [1.165, 1.54) is 44.9 Å². The Morgan fingerprint density at radius 2 is 1.62 bits per heavy atom. The Hall–Kier alpha value is -0.770. The minimum absolute atomic E-state index is 0.0233. The van der Waals surface area contributed by atoms with Crippen LogP contribution in [0.25, 0.3) is 0 Å². The van der Waals surface area contributed by atoms with Gasteiger partial charge in [-0.15, -0.1) is 0 Å². The van der Waals surface area contributed by atoms with Crippen molar-refractivity contribution in [1.29, 1.82) is 0 Å².